The number of nitrogens with one attached hydrogen (secondary N) is 3. The maximum absolute atomic E-state index is 12.9. The van der Waals surface area contributed by atoms with Crippen LogP contribution in [-0.4, -0.2) is 25.1 Å². The molecule has 0 unspecified atom stereocenters. The van der Waals surface area contributed by atoms with Crippen molar-refractivity contribution < 1.29 is 9.72 Å². The average molecular weight is 503 g/mol. The lowest BCUT2D eigenvalue weighted by atomic mass is 9.95. The van der Waals surface area contributed by atoms with Crippen LogP contribution in [0.2, 0.25) is 0 Å². The van der Waals surface area contributed by atoms with Gasteiger partial charge in [0, 0.05) is 36.7 Å². The zero-order valence-corrected chi connectivity index (χ0v) is 20.0. The van der Waals surface area contributed by atoms with Crippen LogP contribution in [-0.2, 0) is 6.54 Å². The van der Waals surface area contributed by atoms with Crippen LogP contribution in [0.5, 0.6) is 0 Å². The third-order valence-corrected chi connectivity index (χ3v) is 6.67. The lowest BCUT2D eigenvalue weighted by molar-refractivity contribution is -0.384. The first-order valence-electron chi connectivity index (χ1n) is 12.1. The van der Waals surface area contributed by atoms with Crippen LogP contribution in [0, 0.1) is 10.1 Å². The zero-order chi connectivity index (χ0) is 25.9. The summed E-state index contributed by atoms with van der Waals surface area (Å²) in [5, 5.41) is 17.4. The molecule has 2 heterocycles. The maximum atomic E-state index is 12.9. The second kappa shape index (κ2) is 10.1. The first kappa shape index (κ1) is 24.0. The highest BCUT2D eigenvalue weighted by Crippen LogP contribution is 2.32. The second-order valence-electron chi connectivity index (χ2n) is 9.14. The van der Waals surface area contributed by atoms with Crippen molar-refractivity contribution in [2.24, 2.45) is 0 Å². The third kappa shape index (κ3) is 5.01. The zero-order valence-electron chi connectivity index (χ0n) is 20.0. The van der Waals surface area contributed by atoms with Gasteiger partial charge in [-0.15, -0.1) is 0 Å². The number of carbonyl (C=O) groups excluding carboxylic acids is 1. The van der Waals surface area contributed by atoms with Gasteiger partial charge < -0.3 is 20.2 Å². The van der Waals surface area contributed by atoms with Crippen LogP contribution in [0.25, 0.3) is 16.7 Å². The number of urea groups is 1. The SMILES string of the molecule is O=C(NCc1ccn(-c2cc3c(cc2[N+](=O)[O-])[nH]c(=O)c(=O)n3C2CCCCC2)c1)Nc1ccccc1. The smallest absolute Gasteiger partial charge is 0.319 e. The van der Waals surface area contributed by atoms with E-state index in [4.69, 9.17) is 0 Å². The van der Waals surface area contributed by atoms with Gasteiger partial charge in [-0.25, -0.2) is 4.79 Å². The predicted octanol–water partition coefficient (Wildman–Crippen LogP) is 4.22. The molecular formula is C26H26N6O5. The Balaban J connectivity index is 1.48. The molecule has 190 valence electrons. The van der Waals surface area contributed by atoms with Crippen molar-refractivity contribution in [2.75, 3.05) is 5.32 Å². The Labute approximate surface area is 210 Å². The van der Waals surface area contributed by atoms with Crippen LogP contribution >= 0.6 is 0 Å². The van der Waals surface area contributed by atoms with Crippen LogP contribution < -0.4 is 21.8 Å². The molecule has 2 aromatic heterocycles. The third-order valence-electron chi connectivity index (χ3n) is 6.67. The Hall–Kier alpha value is -4.67. The highest BCUT2D eigenvalue weighted by Gasteiger charge is 2.24. The molecule has 3 N–H and O–H groups in total. The Morgan fingerprint density at radius 3 is 2.57 bits per heavy atom. The number of aromatic amines is 1. The first-order valence-corrected chi connectivity index (χ1v) is 12.1. The minimum atomic E-state index is -0.789. The van der Waals surface area contributed by atoms with Crippen LogP contribution in [0.4, 0.5) is 16.2 Å². The first-order chi connectivity index (χ1) is 17.9. The fourth-order valence-electron chi connectivity index (χ4n) is 4.89. The summed E-state index contributed by atoms with van der Waals surface area (Å²) in [5.41, 5.74) is 0.687. The van der Waals surface area contributed by atoms with E-state index in [0.717, 1.165) is 37.7 Å². The van der Waals surface area contributed by atoms with Crippen molar-refractivity contribution in [3.05, 3.63) is 97.3 Å². The van der Waals surface area contributed by atoms with E-state index < -0.39 is 16.0 Å². The van der Waals surface area contributed by atoms with E-state index in [2.05, 4.69) is 15.6 Å². The van der Waals surface area contributed by atoms with Gasteiger partial charge in [0.2, 0.25) is 0 Å². The summed E-state index contributed by atoms with van der Waals surface area (Å²) in [6.45, 7) is 0.202. The summed E-state index contributed by atoms with van der Waals surface area (Å²) in [6.07, 6.45) is 7.88. The predicted molar refractivity (Wildman–Crippen MR) is 139 cm³/mol. The summed E-state index contributed by atoms with van der Waals surface area (Å²) < 4.78 is 3.09. The van der Waals surface area contributed by atoms with Gasteiger partial charge in [0.15, 0.2) is 0 Å². The summed E-state index contributed by atoms with van der Waals surface area (Å²) in [5.74, 6) is 0. The number of anilines is 1. The molecule has 2 amide bonds. The number of amides is 2. The highest BCUT2D eigenvalue weighted by molar-refractivity contribution is 5.89. The number of H-pyrrole nitrogens is 1. The van der Waals surface area contributed by atoms with Gasteiger partial charge in [-0.3, -0.25) is 24.3 Å². The van der Waals surface area contributed by atoms with Crippen molar-refractivity contribution in [3.63, 3.8) is 0 Å². The molecular weight excluding hydrogens is 476 g/mol. The van der Waals surface area contributed by atoms with E-state index in [0.29, 0.717) is 11.2 Å². The Morgan fingerprint density at radius 1 is 1.08 bits per heavy atom. The van der Waals surface area contributed by atoms with Crippen molar-refractivity contribution in [1.29, 1.82) is 0 Å². The lowest BCUT2D eigenvalue weighted by Gasteiger charge is -2.25. The average Bonchev–Trinajstić information content (AvgIpc) is 3.38. The molecule has 0 aliphatic heterocycles. The Bertz CT molecular complexity index is 1580. The molecule has 1 aliphatic carbocycles. The van der Waals surface area contributed by atoms with Crippen LogP contribution in [0.1, 0.15) is 43.7 Å². The molecule has 1 aliphatic rings. The number of carbonyl (C=O) groups is 1. The topological polar surface area (TPSA) is 144 Å². The van der Waals surface area contributed by atoms with Crippen molar-refractivity contribution >= 4 is 28.4 Å². The number of benzene rings is 2. The van der Waals surface area contributed by atoms with Crippen molar-refractivity contribution in [2.45, 2.75) is 44.7 Å². The molecule has 0 radical (unpaired) electrons. The van der Waals surface area contributed by atoms with E-state index in [1.165, 1.54) is 10.6 Å². The standard InChI is InChI=1S/C26H26N6O5/c33-24-25(34)31(19-9-5-2-6-10-19)21-14-22(23(32(36)37)13-20(21)29-24)30-12-11-17(16-30)15-27-26(35)28-18-7-3-1-4-8-18/h1,3-4,7-8,11-14,16,19H,2,5-6,9-10,15H2,(H,29,33)(H2,27,28,35). The van der Waals surface area contributed by atoms with E-state index in [-0.39, 0.29) is 35.5 Å². The molecule has 11 heteroatoms. The van der Waals surface area contributed by atoms with Crippen LogP contribution in [0.3, 0.4) is 0 Å². The largest absolute Gasteiger partial charge is 0.334 e. The fourth-order valence-corrected chi connectivity index (χ4v) is 4.89. The molecule has 0 atom stereocenters. The number of para-hydroxylation sites is 1. The van der Waals surface area contributed by atoms with Gasteiger partial charge in [-0.1, -0.05) is 37.5 Å². The van der Waals surface area contributed by atoms with E-state index >= 15 is 0 Å². The molecule has 1 fully saturated rings. The van der Waals surface area contributed by atoms with Crippen molar-refractivity contribution in [1.82, 2.24) is 19.4 Å². The van der Waals surface area contributed by atoms with E-state index in [1.807, 2.05) is 18.2 Å². The van der Waals surface area contributed by atoms with Crippen LogP contribution in [0.15, 0.2) is 70.5 Å². The molecule has 37 heavy (non-hydrogen) atoms. The molecule has 0 spiro atoms. The minimum absolute atomic E-state index is 0.132. The Kier molecular flexibility index (Phi) is 6.59. The van der Waals surface area contributed by atoms with E-state index in [9.17, 15) is 24.5 Å². The van der Waals surface area contributed by atoms with Gasteiger partial charge in [-0.2, -0.15) is 0 Å². The molecule has 0 saturated heterocycles. The minimum Gasteiger partial charge on any atom is -0.334 e. The molecule has 0 bridgehead atoms. The van der Waals surface area contributed by atoms with Gasteiger partial charge in [0.05, 0.1) is 16.0 Å². The maximum Gasteiger partial charge on any atom is 0.319 e. The number of nitrogens with zero attached hydrogens (tertiary/aromatic N) is 3. The summed E-state index contributed by atoms with van der Waals surface area (Å²) >= 11 is 0. The lowest BCUT2D eigenvalue weighted by Crippen LogP contribution is -2.39. The van der Waals surface area contributed by atoms with E-state index in [1.54, 1.807) is 41.2 Å². The fraction of sp³-hybridized carbons (Fsp3) is 0.269. The van der Waals surface area contributed by atoms with Crippen molar-refractivity contribution in [3.8, 4) is 5.69 Å². The summed E-state index contributed by atoms with van der Waals surface area (Å²) in [7, 11) is 0. The summed E-state index contributed by atoms with van der Waals surface area (Å²) in [6, 6.07) is 13.1. The monoisotopic (exact) mass is 502 g/mol. The molecule has 2 aromatic carbocycles. The highest BCUT2D eigenvalue weighted by atomic mass is 16.6. The number of hydrogen-bond acceptors (Lipinski definition) is 5. The quantitative estimate of drug-likeness (QED) is 0.205. The summed E-state index contributed by atoms with van der Waals surface area (Å²) in [4.78, 5) is 51.4. The molecule has 4 aromatic rings. The van der Waals surface area contributed by atoms with Gasteiger partial charge in [0.1, 0.15) is 5.69 Å². The number of nitro groups is 1. The molecule has 11 nitrogen and oxygen atoms in total. The number of fused-ring (bicyclic) bond motifs is 1. The normalized spacial score (nSPS) is 13.9. The molecule has 5 rings (SSSR count). The number of aromatic nitrogens is 3. The van der Waals surface area contributed by atoms with Gasteiger partial charge in [-0.05, 0) is 42.7 Å². The second-order valence-corrected chi connectivity index (χ2v) is 9.14. The number of nitro benzene ring substituents is 1. The molecule has 1 saturated carbocycles. The number of hydrogen-bond donors (Lipinski definition) is 3. The number of rotatable bonds is 6. The Morgan fingerprint density at radius 2 is 1.84 bits per heavy atom. The van der Waals surface area contributed by atoms with Gasteiger partial charge >= 0.3 is 17.1 Å². The van der Waals surface area contributed by atoms with Gasteiger partial charge in [0.25, 0.3) is 5.69 Å².